The highest BCUT2D eigenvalue weighted by Gasteiger charge is 2.24. The van der Waals surface area contributed by atoms with E-state index in [9.17, 15) is 14.7 Å². The van der Waals surface area contributed by atoms with Crippen molar-refractivity contribution < 1.29 is 24.2 Å². The van der Waals surface area contributed by atoms with E-state index in [1.165, 1.54) is 14.0 Å². The summed E-state index contributed by atoms with van der Waals surface area (Å²) in [5, 5.41) is 24.7. The molecule has 0 aliphatic carbocycles. The Morgan fingerprint density at radius 1 is 1.15 bits per heavy atom. The van der Waals surface area contributed by atoms with E-state index in [1.54, 1.807) is 35.7 Å². The minimum absolute atomic E-state index is 0.0333. The number of methoxy groups -OCH3 is 1. The molecule has 1 aromatic heterocycles. The first-order valence-corrected chi connectivity index (χ1v) is 15.0. The molecule has 1 heterocycles. The quantitative estimate of drug-likeness (QED) is 0.0941. The molecule has 3 aromatic rings. The van der Waals surface area contributed by atoms with Crippen LogP contribution in [0, 0.1) is 5.92 Å². The number of carbonyl (C=O) groups excluding carboxylic acids is 2. The summed E-state index contributed by atoms with van der Waals surface area (Å²) in [5.41, 5.74) is 2.16. The molecule has 0 aliphatic heterocycles. The predicted octanol–water partition coefficient (Wildman–Crippen LogP) is 5.80. The van der Waals surface area contributed by atoms with E-state index in [1.807, 2.05) is 13.8 Å². The average Bonchev–Trinajstić information content (AvgIpc) is 3.44. The van der Waals surface area contributed by atoms with Crippen molar-refractivity contribution in [2.45, 2.75) is 62.4 Å². The molecule has 0 saturated heterocycles. The smallest absolute Gasteiger partial charge is 0.305 e. The van der Waals surface area contributed by atoms with Crippen LogP contribution >= 0.6 is 23.5 Å². The van der Waals surface area contributed by atoms with Gasteiger partial charge in [-0.1, -0.05) is 37.6 Å². The standard InChI is InChI=1S/C28H36N4O5S2/c1-5-7-23-24(13-12-22(19(3)33)27(23)35)37-14-6-15-38-21-10-8-20(9-11-21)28(18(2)16-26(34)36-4)39-17-25-29-31-32-30-25/h8-13,18,28,35H,5-7,14-17H2,1-4H3,(H,29,30,31,32). The number of aromatic nitrogens is 4. The monoisotopic (exact) mass is 572 g/mol. The maximum Gasteiger partial charge on any atom is 0.305 e. The SMILES string of the molecule is CCCc1c(OCCCSc2ccc(C(SCc3nn[nH]n3)C(C)CC(=O)OC)cc2)ccc(C(C)=O)c1O. The number of phenolic OH excluding ortho intramolecular Hbond substituents is 1. The van der Waals surface area contributed by atoms with Gasteiger partial charge < -0.3 is 14.6 Å². The predicted molar refractivity (Wildman–Crippen MR) is 153 cm³/mol. The maximum absolute atomic E-state index is 11.9. The molecule has 3 rings (SSSR count). The van der Waals surface area contributed by atoms with Gasteiger partial charge in [0.15, 0.2) is 11.6 Å². The molecular weight excluding hydrogens is 536 g/mol. The Morgan fingerprint density at radius 2 is 1.92 bits per heavy atom. The molecule has 0 bridgehead atoms. The normalized spacial score (nSPS) is 12.6. The van der Waals surface area contributed by atoms with Gasteiger partial charge in [-0.25, -0.2) is 0 Å². The molecule has 2 atom stereocenters. The van der Waals surface area contributed by atoms with Crippen molar-refractivity contribution in [2.75, 3.05) is 19.5 Å². The zero-order valence-corrected chi connectivity index (χ0v) is 24.4. The first kappa shape index (κ1) is 30.5. The number of hydrogen-bond donors (Lipinski definition) is 2. The number of thioether (sulfide) groups is 2. The van der Waals surface area contributed by atoms with Crippen molar-refractivity contribution >= 4 is 35.3 Å². The minimum atomic E-state index is -0.228. The summed E-state index contributed by atoms with van der Waals surface area (Å²) in [6, 6.07) is 11.8. The van der Waals surface area contributed by atoms with E-state index in [0.717, 1.165) is 29.1 Å². The number of hydrogen-bond acceptors (Lipinski definition) is 10. The summed E-state index contributed by atoms with van der Waals surface area (Å²) >= 11 is 3.42. The number of tetrazole rings is 1. The lowest BCUT2D eigenvalue weighted by atomic mass is 9.97. The Kier molecular flexibility index (Phi) is 12.1. The molecule has 210 valence electrons. The van der Waals surface area contributed by atoms with Gasteiger partial charge in [-0.2, -0.15) is 5.21 Å². The van der Waals surface area contributed by atoms with E-state index in [2.05, 4.69) is 44.9 Å². The summed E-state index contributed by atoms with van der Waals surface area (Å²) in [7, 11) is 1.41. The molecule has 0 amide bonds. The van der Waals surface area contributed by atoms with E-state index in [4.69, 9.17) is 9.47 Å². The zero-order chi connectivity index (χ0) is 28.2. The van der Waals surface area contributed by atoms with Gasteiger partial charge in [0, 0.05) is 27.9 Å². The second-order valence-corrected chi connectivity index (χ2v) is 11.5. The fourth-order valence-electron chi connectivity index (χ4n) is 4.16. The molecule has 0 spiro atoms. The van der Waals surface area contributed by atoms with Crippen LogP contribution in [0.25, 0.3) is 0 Å². The van der Waals surface area contributed by atoms with Crippen molar-refractivity contribution in [3.05, 3.63) is 58.9 Å². The van der Waals surface area contributed by atoms with E-state index < -0.39 is 0 Å². The lowest BCUT2D eigenvalue weighted by Crippen LogP contribution is -2.13. The van der Waals surface area contributed by atoms with Gasteiger partial charge in [0.05, 0.1) is 25.0 Å². The number of phenols is 1. The zero-order valence-electron chi connectivity index (χ0n) is 22.8. The van der Waals surface area contributed by atoms with Crippen molar-refractivity contribution in [2.24, 2.45) is 5.92 Å². The summed E-state index contributed by atoms with van der Waals surface area (Å²) in [6.45, 7) is 6.04. The Balaban J connectivity index is 1.54. The Hall–Kier alpha value is -3.05. The molecular formula is C28H36N4O5S2. The summed E-state index contributed by atoms with van der Waals surface area (Å²) < 4.78 is 10.9. The van der Waals surface area contributed by atoms with Crippen molar-refractivity contribution in [3.8, 4) is 11.5 Å². The average molecular weight is 573 g/mol. The van der Waals surface area contributed by atoms with Crippen LogP contribution in [0.1, 0.15) is 72.6 Å². The fraction of sp³-hybridized carbons (Fsp3) is 0.464. The highest BCUT2D eigenvalue weighted by Crippen LogP contribution is 2.40. The van der Waals surface area contributed by atoms with Crippen LogP contribution in [0.3, 0.4) is 0 Å². The van der Waals surface area contributed by atoms with Crippen molar-refractivity contribution in [3.63, 3.8) is 0 Å². The molecule has 0 aliphatic rings. The summed E-state index contributed by atoms with van der Waals surface area (Å²) in [6.07, 6.45) is 2.64. The van der Waals surface area contributed by atoms with Crippen LogP contribution in [0.5, 0.6) is 11.5 Å². The first-order chi connectivity index (χ1) is 18.8. The van der Waals surface area contributed by atoms with E-state index >= 15 is 0 Å². The molecule has 2 unspecified atom stereocenters. The molecule has 9 nitrogen and oxygen atoms in total. The number of carbonyl (C=O) groups is 2. The van der Waals surface area contributed by atoms with Gasteiger partial charge in [-0.3, -0.25) is 9.59 Å². The van der Waals surface area contributed by atoms with Gasteiger partial charge in [0.1, 0.15) is 11.5 Å². The van der Waals surface area contributed by atoms with Gasteiger partial charge in [-0.05, 0) is 55.5 Å². The number of rotatable bonds is 16. The molecule has 2 N–H and O–H groups in total. The molecule has 0 fully saturated rings. The van der Waals surface area contributed by atoms with Crippen LogP contribution in [0.2, 0.25) is 0 Å². The van der Waals surface area contributed by atoms with Crippen LogP contribution < -0.4 is 4.74 Å². The minimum Gasteiger partial charge on any atom is -0.507 e. The molecule has 11 heteroatoms. The fourth-order valence-corrected chi connectivity index (χ4v) is 6.22. The Bertz CT molecular complexity index is 1210. The topological polar surface area (TPSA) is 127 Å². The number of nitrogens with one attached hydrogen (secondary N) is 1. The number of ether oxygens (including phenoxy) is 2. The third-order valence-electron chi connectivity index (χ3n) is 6.16. The number of benzene rings is 2. The molecule has 2 aromatic carbocycles. The van der Waals surface area contributed by atoms with E-state index in [-0.39, 0.29) is 28.7 Å². The first-order valence-electron chi connectivity index (χ1n) is 13.0. The van der Waals surface area contributed by atoms with Crippen molar-refractivity contribution in [1.29, 1.82) is 0 Å². The lowest BCUT2D eigenvalue weighted by molar-refractivity contribution is -0.141. The van der Waals surface area contributed by atoms with Gasteiger partial charge in [0.25, 0.3) is 0 Å². The molecule has 0 saturated carbocycles. The number of ketones is 1. The number of Topliss-reactive ketones (excluding diaryl/α,β-unsaturated/α-hetero) is 1. The van der Waals surface area contributed by atoms with Crippen LogP contribution in [-0.2, 0) is 21.7 Å². The maximum atomic E-state index is 11.9. The van der Waals surface area contributed by atoms with Gasteiger partial charge in [-0.15, -0.1) is 33.7 Å². The second-order valence-electron chi connectivity index (χ2n) is 9.18. The largest absolute Gasteiger partial charge is 0.507 e. The van der Waals surface area contributed by atoms with Crippen LogP contribution in [-0.4, -0.2) is 57.0 Å². The van der Waals surface area contributed by atoms with Crippen LogP contribution in [0.4, 0.5) is 0 Å². The second kappa shape index (κ2) is 15.5. The number of H-pyrrole nitrogens is 1. The third-order valence-corrected chi connectivity index (χ3v) is 8.78. The summed E-state index contributed by atoms with van der Waals surface area (Å²) in [5.74, 6) is 2.42. The Morgan fingerprint density at radius 3 is 2.56 bits per heavy atom. The summed E-state index contributed by atoms with van der Waals surface area (Å²) in [4.78, 5) is 24.8. The highest BCUT2D eigenvalue weighted by atomic mass is 32.2. The Labute approximate surface area is 237 Å². The number of aromatic hydroxyl groups is 1. The number of esters is 1. The van der Waals surface area contributed by atoms with E-state index in [0.29, 0.717) is 47.9 Å². The van der Waals surface area contributed by atoms with Crippen molar-refractivity contribution in [1.82, 2.24) is 20.6 Å². The molecule has 39 heavy (non-hydrogen) atoms. The van der Waals surface area contributed by atoms with Gasteiger partial charge in [0.2, 0.25) is 0 Å². The van der Waals surface area contributed by atoms with Gasteiger partial charge >= 0.3 is 5.97 Å². The lowest BCUT2D eigenvalue weighted by Gasteiger charge is -2.23. The third kappa shape index (κ3) is 8.99. The molecule has 0 radical (unpaired) electrons. The number of aromatic amines is 1. The highest BCUT2D eigenvalue weighted by molar-refractivity contribution is 7.99. The van der Waals surface area contributed by atoms with Crippen LogP contribution in [0.15, 0.2) is 41.3 Å². The number of nitrogens with zero attached hydrogens (tertiary/aromatic N) is 3.